The molecule has 2 heterocycles. The average molecular weight is 453 g/mol. The molecule has 168 valence electrons. The first-order valence-corrected chi connectivity index (χ1v) is 10.7. The van der Waals surface area contributed by atoms with Gasteiger partial charge in [0.1, 0.15) is 18.1 Å². The van der Waals surface area contributed by atoms with Gasteiger partial charge in [-0.3, -0.25) is 9.59 Å². The van der Waals surface area contributed by atoms with Crippen molar-refractivity contribution in [2.75, 3.05) is 5.32 Å². The zero-order valence-corrected chi connectivity index (χ0v) is 18.2. The quantitative estimate of drug-likeness (QED) is 0.361. The van der Waals surface area contributed by atoms with Crippen molar-refractivity contribution >= 4 is 39.4 Å². The van der Waals surface area contributed by atoms with Gasteiger partial charge in [-0.15, -0.1) is 0 Å². The van der Waals surface area contributed by atoms with Gasteiger partial charge in [-0.25, -0.2) is 9.37 Å². The molecule has 7 heteroatoms. The van der Waals surface area contributed by atoms with Crippen LogP contribution in [0.1, 0.15) is 16.2 Å². The molecule has 0 unspecified atom stereocenters. The third kappa shape index (κ3) is 3.88. The Kier molecular flexibility index (Phi) is 5.30. The van der Waals surface area contributed by atoms with Crippen molar-refractivity contribution in [2.45, 2.75) is 13.5 Å². The Morgan fingerprint density at radius 3 is 2.65 bits per heavy atom. The molecule has 0 spiro atoms. The van der Waals surface area contributed by atoms with Crippen molar-refractivity contribution in [3.05, 3.63) is 96.1 Å². The lowest BCUT2D eigenvalue weighted by atomic mass is 10.0. The first-order chi connectivity index (χ1) is 16.4. The summed E-state index contributed by atoms with van der Waals surface area (Å²) in [6.45, 7) is 1.57. The number of pyridine rings is 1. The van der Waals surface area contributed by atoms with Crippen LogP contribution in [0.3, 0.4) is 0 Å². The molecule has 0 radical (unpaired) electrons. The van der Waals surface area contributed by atoms with E-state index in [-0.39, 0.29) is 12.5 Å². The highest BCUT2D eigenvalue weighted by molar-refractivity contribution is 6.05. The normalized spacial score (nSPS) is 11.1. The molecule has 5 rings (SSSR count). The van der Waals surface area contributed by atoms with Crippen molar-refractivity contribution < 1.29 is 19.1 Å². The molecule has 2 N–H and O–H groups in total. The van der Waals surface area contributed by atoms with Crippen molar-refractivity contribution in [1.29, 1.82) is 0 Å². The average Bonchev–Trinajstić information content (AvgIpc) is 3.08. The summed E-state index contributed by atoms with van der Waals surface area (Å²) >= 11 is 0. The molecule has 0 atom stereocenters. The Hall–Kier alpha value is -4.52. The second kappa shape index (κ2) is 8.44. The summed E-state index contributed by atoms with van der Waals surface area (Å²) in [6, 6.07) is 22.6. The minimum absolute atomic E-state index is 0.238. The molecule has 0 aliphatic rings. The van der Waals surface area contributed by atoms with Crippen LogP contribution in [0.25, 0.3) is 32.9 Å². The number of aliphatic carboxylic acids is 1. The Labute approximate surface area is 194 Å². The number of nitrogens with one attached hydrogen (secondary N) is 1. The fourth-order valence-electron chi connectivity index (χ4n) is 4.30. The summed E-state index contributed by atoms with van der Waals surface area (Å²) < 4.78 is 15.7. The molecule has 1 amide bonds. The van der Waals surface area contributed by atoms with E-state index in [4.69, 9.17) is 0 Å². The van der Waals surface area contributed by atoms with E-state index < -0.39 is 11.8 Å². The van der Waals surface area contributed by atoms with Gasteiger partial charge >= 0.3 is 5.97 Å². The molecule has 0 aliphatic carbocycles. The number of carboxylic acid groups (broad SMARTS) is 1. The number of rotatable bonds is 5. The number of para-hydroxylation sites is 1. The van der Waals surface area contributed by atoms with Crippen LogP contribution in [0.2, 0.25) is 0 Å². The van der Waals surface area contributed by atoms with Crippen LogP contribution in [-0.4, -0.2) is 26.5 Å². The lowest BCUT2D eigenvalue weighted by molar-refractivity contribution is -0.137. The molecule has 34 heavy (non-hydrogen) atoms. The van der Waals surface area contributed by atoms with Crippen molar-refractivity contribution in [2.24, 2.45) is 0 Å². The first-order valence-electron chi connectivity index (χ1n) is 10.7. The smallest absolute Gasteiger partial charge is 0.323 e. The number of hydrogen-bond donors (Lipinski definition) is 2. The maximum atomic E-state index is 14.1. The molecule has 0 aliphatic heterocycles. The second-order valence-electron chi connectivity index (χ2n) is 8.03. The monoisotopic (exact) mass is 453 g/mol. The first kappa shape index (κ1) is 21.3. The van der Waals surface area contributed by atoms with Crippen molar-refractivity contribution in [3.8, 4) is 11.1 Å². The Balaban J connectivity index is 1.53. The maximum Gasteiger partial charge on any atom is 0.323 e. The van der Waals surface area contributed by atoms with Gasteiger partial charge < -0.3 is 15.0 Å². The molecule has 0 fully saturated rings. The number of fused-ring (bicyclic) bond motifs is 2. The molecule has 3 aromatic carbocycles. The van der Waals surface area contributed by atoms with Crippen LogP contribution in [0.4, 0.5) is 10.1 Å². The van der Waals surface area contributed by atoms with Gasteiger partial charge in [0, 0.05) is 33.2 Å². The van der Waals surface area contributed by atoms with Gasteiger partial charge in [0.05, 0.1) is 5.52 Å². The lowest BCUT2D eigenvalue weighted by Crippen LogP contribution is -2.13. The van der Waals surface area contributed by atoms with E-state index in [2.05, 4.69) is 10.3 Å². The second-order valence-corrected chi connectivity index (χ2v) is 8.03. The fourth-order valence-corrected chi connectivity index (χ4v) is 4.30. The SMILES string of the molecule is Cc1c(-c2cccc(NC(=O)c3ccc4ccccc4n3)c2)c2cc(F)ccc2n1CC(=O)O. The molecule has 2 aromatic heterocycles. The van der Waals surface area contributed by atoms with Crippen LogP contribution in [0.5, 0.6) is 0 Å². The fraction of sp³-hybridized carbons (Fsp3) is 0.0741. The van der Waals surface area contributed by atoms with E-state index >= 15 is 0 Å². The summed E-state index contributed by atoms with van der Waals surface area (Å²) in [4.78, 5) is 28.7. The predicted molar refractivity (Wildman–Crippen MR) is 129 cm³/mol. The van der Waals surface area contributed by atoms with Gasteiger partial charge in [0.15, 0.2) is 0 Å². The molecular weight excluding hydrogens is 433 g/mol. The topological polar surface area (TPSA) is 84.2 Å². The Morgan fingerprint density at radius 2 is 1.82 bits per heavy atom. The number of anilines is 1. The zero-order valence-electron chi connectivity index (χ0n) is 18.2. The van der Waals surface area contributed by atoms with Crippen LogP contribution >= 0.6 is 0 Å². The van der Waals surface area contributed by atoms with Gasteiger partial charge in [-0.2, -0.15) is 0 Å². The molecular formula is C27H20FN3O3. The summed E-state index contributed by atoms with van der Waals surface area (Å²) in [7, 11) is 0. The maximum absolute atomic E-state index is 14.1. The number of aromatic nitrogens is 2. The zero-order chi connectivity index (χ0) is 23.8. The summed E-state index contributed by atoms with van der Waals surface area (Å²) in [5, 5.41) is 13.8. The van der Waals surface area contributed by atoms with E-state index in [9.17, 15) is 19.1 Å². The van der Waals surface area contributed by atoms with E-state index in [1.54, 1.807) is 41.8 Å². The van der Waals surface area contributed by atoms with Crippen LogP contribution in [0.15, 0.2) is 78.9 Å². The molecule has 5 aromatic rings. The molecule has 0 bridgehead atoms. The predicted octanol–water partition coefficient (Wildman–Crippen LogP) is 5.64. The van der Waals surface area contributed by atoms with Crippen molar-refractivity contribution in [1.82, 2.24) is 9.55 Å². The van der Waals surface area contributed by atoms with Crippen LogP contribution < -0.4 is 5.32 Å². The third-order valence-corrected chi connectivity index (χ3v) is 5.82. The van der Waals surface area contributed by atoms with Crippen LogP contribution in [-0.2, 0) is 11.3 Å². The minimum atomic E-state index is -0.986. The minimum Gasteiger partial charge on any atom is -0.480 e. The number of amides is 1. The van der Waals surface area contributed by atoms with Crippen LogP contribution in [0, 0.1) is 12.7 Å². The number of halogens is 1. The number of benzene rings is 3. The largest absolute Gasteiger partial charge is 0.480 e. The summed E-state index contributed by atoms with van der Waals surface area (Å²) in [5.74, 6) is -1.74. The molecule has 0 saturated carbocycles. The lowest BCUT2D eigenvalue weighted by Gasteiger charge is -2.09. The molecule has 6 nitrogen and oxygen atoms in total. The third-order valence-electron chi connectivity index (χ3n) is 5.82. The van der Waals surface area contributed by atoms with E-state index in [1.807, 2.05) is 36.4 Å². The highest BCUT2D eigenvalue weighted by Crippen LogP contribution is 2.36. The van der Waals surface area contributed by atoms with Gasteiger partial charge in [-0.05, 0) is 55.0 Å². The summed E-state index contributed by atoms with van der Waals surface area (Å²) in [6.07, 6.45) is 0. The number of carbonyl (C=O) groups is 2. The number of carbonyl (C=O) groups excluding carboxylic acids is 1. The van der Waals surface area contributed by atoms with Crippen molar-refractivity contribution in [3.63, 3.8) is 0 Å². The molecule has 0 saturated heterocycles. The highest BCUT2D eigenvalue weighted by atomic mass is 19.1. The summed E-state index contributed by atoms with van der Waals surface area (Å²) in [5.41, 5.74) is 4.35. The van der Waals surface area contributed by atoms with E-state index in [0.29, 0.717) is 28.0 Å². The van der Waals surface area contributed by atoms with Gasteiger partial charge in [0.25, 0.3) is 5.91 Å². The Morgan fingerprint density at radius 1 is 1.00 bits per heavy atom. The Bertz CT molecular complexity index is 1590. The van der Waals surface area contributed by atoms with E-state index in [0.717, 1.165) is 22.0 Å². The standard InChI is InChI=1S/C27H20FN3O3/c1-16-26(21-14-19(28)10-12-24(21)31(16)15-25(32)33)18-6-4-7-20(13-18)29-27(34)23-11-9-17-5-2-3-8-22(17)30-23/h2-14H,15H2,1H3,(H,29,34)(H,32,33). The number of nitrogens with zero attached hydrogens (tertiary/aromatic N) is 2. The number of hydrogen-bond acceptors (Lipinski definition) is 3. The van der Waals surface area contributed by atoms with Gasteiger partial charge in [-0.1, -0.05) is 36.4 Å². The van der Waals surface area contributed by atoms with Gasteiger partial charge in [0.2, 0.25) is 0 Å². The number of carboxylic acids is 1. The van der Waals surface area contributed by atoms with E-state index in [1.165, 1.54) is 12.1 Å². The highest BCUT2D eigenvalue weighted by Gasteiger charge is 2.18.